The van der Waals surface area contributed by atoms with E-state index in [1.807, 2.05) is 0 Å². The van der Waals surface area contributed by atoms with E-state index in [0.29, 0.717) is 57.0 Å². The second-order valence-corrected chi connectivity index (χ2v) is 6.67. The molecule has 2 N–H and O–H groups in total. The Bertz CT molecular complexity index is 686. The van der Waals surface area contributed by atoms with Gasteiger partial charge in [0, 0.05) is 37.5 Å². The van der Waals surface area contributed by atoms with Gasteiger partial charge in [-0.2, -0.15) is 0 Å². The third kappa shape index (κ3) is 6.00. The monoisotopic (exact) mass is 379 g/mol. The van der Waals surface area contributed by atoms with Crippen LogP contribution >= 0.6 is 0 Å². The van der Waals surface area contributed by atoms with Crippen molar-refractivity contribution in [3.05, 3.63) is 39.4 Å². The zero-order chi connectivity index (χ0) is 19.8. The Kier molecular flexibility index (Phi) is 7.68. The molecule has 148 valence electrons. The number of methoxy groups -OCH3 is 1. The van der Waals surface area contributed by atoms with Crippen LogP contribution in [0.25, 0.3) is 0 Å². The first-order valence-corrected chi connectivity index (χ1v) is 9.06. The standard InChI is InChI=1S/C18H26N4O5/c1-14-12-15(4-5-16(14)22(25)26)18(24)21-9-7-20(8-10-21)13-17(23)19-6-3-11-27-2/h4-5,12H,3,6-11,13H2,1-2H3,(H,19,23)/p+1. The van der Waals surface area contributed by atoms with Gasteiger partial charge in [0.15, 0.2) is 6.54 Å². The number of rotatable bonds is 8. The fraction of sp³-hybridized carbons (Fsp3) is 0.556. The molecule has 2 rings (SSSR count). The molecule has 0 aliphatic carbocycles. The van der Waals surface area contributed by atoms with E-state index in [1.54, 1.807) is 25.0 Å². The number of ether oxygens (including phenoxy) is 1. The van der Waals surface area contributed by atoms with Crippen LogP contribution in [-0.4, -0.2) is 74.6 Å². The van der Waals surface area contributed by atoms with Gasteiger partial charge < -0.3 is 19.9 Å². The van der Waals surface area contributed by atoms with Gasteiger partial charge in [-0.05, 0) is 25.5 Å². The molecular formula is C18H27N4O5+. The number of piperazine rings is 1. The van der Waals surface area contributed by atoms with Crippen LogP contribution in [0.2, 0.25) is 0 Å². The summed E-state index contributed by atoms with van der Waals surface area (Å²) in [6.07, 6.45) is 0.786. The Morgan fingerprint density at radius 1 is 1.33 bits per heavy atom. The van der Waals surface area contributed by atoms with E-state index >= 15 is 0 Å². The highest BCUT2D eigenvalue weighted by Crippen LogP contribution is 2.19. The molecular weight excluding hydrogens is 352 g/mol. The highest BCUT2D eigenvalue weighted by Gasteiger charge is 2.26. The summed E-state index contributed by atoms with van der Waals surface area (Å²) in [5.74, 6) is -0.122. The zero-order valence-electron chi connectivity index (χ0n) is 15.8. The van der Waals surface area contributed by atoms with E-state index in [1.165, 1.54) is 12.1 Å². The maximum atomic E-state index is 12.6. The van der Waals surface area contributed by atoms with Gasteiger partial charge in [-0.15, -0.1) is 0 Å². The third-order valence-corrected chi connectivity index (χ3v) is 4.66. The van der Waals surface area contributed by atoms with Crippen LogP contribution in [0.3, 0.4) is 0 Å². The summed E-state index contributed by atoms with van der Waals surface area (Å²) in [6, 6.07) is 4.44. The van der Waals surface area contributed by atoms with Crippen molar-refractivity contribution in [2.45, 2.75) is 13.3 Å². The maximum Gasteiger partial charge on any atom is 0.275 e. The van der Waals surface area contributed by atoms with Gasteiger partial charge in [-0.1, -0.05) is 0 Å². The SMILES string of the molecule is COCCCNC(=O)C[NH+]1CCN(C(=O)c2ccc([N+](=O)[O-])c(C)c2)CC1. The summed E-state index contributed by atoms with van der Waals surface area (Å²) >= 11 is 0. The molecule has 9 nitrogen and oxygen atoms in total. The largest absolute Gasteiger partial charge is 0.385 e. The first kappa shape index (κ1) is 20.8. The molecule has 9 heteroatoms. The molecule has 0 bridgehead atoms. The molecule has 1 aromatic rings. The Hall–Kier alpha value is -2.52. The predicted molar refractivity (Wildman–Crippen MR) is 98.8 cm³/mol. The fourth-order valence-electron chi connectivity index (χ4n) is 3.11. The summed E-state index contributed by atoms with van der Waals surface area (Å²) in [6.45, 7) is 5.75. The zero-order valence-corrected chi connectivity index (χ0v) is 15.8. The van der Waals surface area contributed by atoms with Crippen LogP contribution in [0.1, 0.15) is 22.3 Å². The highest BCUT2D eigenvalue weighted by atomic mass is 16.6. The van der Waals surface area contributed by atoms with Crippen molar-refractivity contribution in [3.63, 3.8) is 0 Å². The minimum atomic E-state index is -0.452. The molecule has 1 aliphatic heterocycles. The van der Waals surface area contributed by atoms with Gasteiger partial charge in [-0.3, -0.25) is 19.7 Å². The van der Waals surface area contributed by atoms with E-state index < -0.39 is 4.92 Å². The number of nitro groups is 1. The lowest BCUT2D eigenvalue weighted by atomic mass is 10.1. The lowest BCUT2D eigenvalue weighted by Gasteiger charge is -2.32. The van der Waals surface area contributed by atoms with E-state index in [-0.39, 0.29) is 17.5 Å². The maximum absolute atomic E-state index is 12.6. The molecule has 0 saturated carbocycles. The van der Waals surface area contributed by atoms with Crippen molar-refractivity contribution in [2.24, 2.45) is 0 Å². The number of hydrogen-bond acceptors (Lipinski definition) is 5. The molecule has 1 saturated heterocycles. The molecule has 0 radical (unpaired) electrons. The molecule has 1 heterocycles. The minimum Gasteiger partial charge on any atom is -0.385 e. The molecule has 0 spiro atoms. The molecule has 1 aliphatic rings. The van der Waals surface area contributed by atoms with Gasteiger partial charge in [0.05, 0.1) is 31.1 Å². The normalized spacial score (nSPS) is 14.8. The summed E-state index contributed by atoms with van der Waals surface area (Å²) in [7, 11) is 1.63. The van der Waals surface area contributed by atoms with Crippen molar-refractivity contribution in [2.75, 3.05) is 53.0 Å². The van der Waals surface area contributed by atoms with Crippen molar-refractivity contribution in [3.8, 4) is 0 Å². The summed E-state index contributed by atoms with van der Waals surface area (Å²) in [5, 5.41) is 13.8. The summed E-state index contributed by atoms with van der Waals surface area (Å²) in [4.78, 5) is 37.9. The minimum absolute atomic E-state index is 0.00636. The Morgan fingerprint density at radius 2 is 2.04 bits per heavy atom. The van der Waals surface area contributed by atoms with Gasteiger partial charge >= 0.3 is 0 Å². The smallest absolute Gasteiger partial charge is 0.275 e. The second-order valence-electron chi connectivity index (χ2n) is 6.67. The fourth-order valence-corrected chi connectivity index (χ4v) is 3.11. The van der Waals surface area contributed by atoms with Crippen LogP contribution in [0, 0.1) is 17.0 Å². The number of carbonyl (C=O) groups excluding carboxylic acids is 2. The molecule has 1 fully saturated rings. The van der Waals surface area contributed by atoms with Crippen LogP contribution in [0.4, 0.5) is 5.69 Å². The van der Waals surface area contributed by atoms with Gasteiger partial charge in [0.25, 0.3) is 17.5 Å². The van der Waals surface area contributed by atoms with E-state index in [9.17, 15) is 19.7 Å². The molecule has 2 amide bonds. The highest BCUT2D eigenvalue weighted by molar-refractivity contribution is 5.94. The first-order valence-electron chi connectivity index (χ1n) is 9.06. The Morgan fingerprint density at radius 3 is 2.63 bits per heavy atom. The topological polar surface area (TPSA) is 106 Å². The van der Waals surface area contributed by atoms with Gasteiger partial charge in [0.2, 0.25) is 0 Å². The van der Waals surface area contributed by atoms with Gasteiger partial charge in [-0.25, -0.2) is 0 Å². The summed E-state index contributed by atoms with van der Waals surface area (Å²) in [5.41, 5.74) is 0.940. The van der Waals surface area contributed by atoms with Crippen molar-refractivity contribution < 1.29 is 24.1 Å². The number of quaternary nitrogens is 1. The molecule has 0 atom stereocenters. The van der Waals surface area contributed by atoms with Crippen LogP contribution in [0.15, 0.2) is 18.2 Å². The van der Waals surface area contributed by atoms with Crippen molar-refractivity contribution in [1.29, 1.82) is 0 Å². The molecule has 0 aromatic heterocycles. The van der Waals surface area contributed by atoms with E-state index in [4.69, 9.17) is 4.74 Å². The van der Waals surface area contributed by atoms with E-state index in [2.05, 4.69) is 5.32 Å². The average Bonchev–Trinajstić information content (AvgIpc) is 2.65. The number of nitro benzene ring substituents is 1. The van der Waals surface area contributed by atoms with Crippen LogP contribution < -0.4 is 10.2 Å². The number of benzene rings is 1. The van der Waals surface area contributed by atoms with Gasteiger partial charge in [0.1, 0.15) is 0 Å². The number of nitrogens with one attached hydrogen (secondary N) is 2. The average molecular weight is 379 g/mol. The summed E-state index contributed by atoms with van der Waals surface area (Å²) < 4.78 is 4.94. The molecule has 0 unspecified atom stereocenters. The quantitative estimate of drug-likeness (QED) is 0.356. The third-order valence-electron chi connectivity index (χ3n) is 4.66. The Balaban J connectivity index is 1.81. The number of hydrogen-bond donors (Lipinski definition) is 2. The van der Waals surface area contributed by atoms with Crippen LogP contribution in [-0.2, 0) is 9.53 Å². The second kappa shape index (κ2) is 9.98. The predicted octanol–water partition coefficient (Wildman–Crippen LogP) is -0.603. The van der Waals surface area contributed by atoms with Crippen LogP contribution in [0.5, 0.6) is 0 Å². The Labute approximate surface area is 158 Å². The first-order chi connectivity index (χ1) is 12.9. The molecule has 27 heavy (non-hydrogen) atoms. The number of carbonyl (C=O) groups is 2. The number of aryl methyl sites for hydroxylation is 1. The lowest BCUT2D eigenvalue weighted by Crippen LogP contribution is -3.15. The number of nitrogens with zero attached hydrogens (tertiary/aromatic N) is 2. The number of amides is 2. The lowest BCUT2D eigenvalue weighted by molar-refractivity contribution is -0.896. The molecule has 1 aromatic carbocycles. The van der Waals surface area contributed by atoms with Crippen molar-refractivity contribution >= 4 is 17.5 Å². The van der Waals surface area contributed by atoms with E-state index in [0.717, 1.165) is 11.3 Å². The van der Waals surface area contributed by atoms with Crippen molar-refractivity contribution in [1.82, 2.24) is 10.2 Å².